The Bertz CT molecular complexity index is 1210. The fourth-order valence-corrected chi connectivity index (χ4v) is 6.33. The second-order valence-electron chi connectivity index (χ2n) is 10.2. The zero-order valence-electron chi connectivity index (χ0n) is 21.4. The molecule has 0 radical (unpaired) electrons. The van der Waals surface area contributed by atoms with Crippen LogP contribution in [0.2, 0.25) is 0 Å². The van der Waals surface area contributed by atoms with E-state index in [2.05, 4.69) is 71.7 Å². The number of carbonyl (C=O) groups is 1. The van der Waals surface area contributed by atoms with Crippen LogP contribution in [0.1, 0.15) is 45.2 Å². The number of hydrogen-bond acceptors (Lipinski definition) is 6. The molecule has 1 amide bonds. The maximum Gasteiger partial charge on any atom is 0.226 e. The highest BCUT2D eigenvalue weighted by atomic mass is 32.2. The first-order valence-electron chi connectivity index (χ1n) is 13.1. The van der Waals surface area contributed by atoms with Gasteiger partial charge in [0.05, 0.1) is 30.0 Å². The molecule has 1 aliphatic carbocycles. The molecule has 0 bridgehead atoms. The third kappa shape index (κ3) is 6.01. The molecule has 7 heteroatoms. The number of benzene rings is 1. The van der Waals surface area contributed by atoms with Gasteiger partial charge in [0.1, 0.15) is 5.82 Å². The van der Waals surface area contributed by atoms with Crippen molar-refractivity contribution in [2.45, 2.75) is 69.5 Å². The fraction of sp³-hybridized carbons (Fsp3) is 0.483. The molecule has 3 aromatic rings. The minimum atomic E-state index is 0.0630. The molecule has 2 aromatic heterocycles. The van der Waals surface area contributed by atoms with Crippen LogP contribution in [0, 0.1) is 0 Å². The van der Waals surface area contributed by atoms with Gasteiger partial charge in [0.2, 0.25) is 5.91 Å². The van der Waals surface area contributed by atoms with Crippen LogP contribution in [0.5, 0.6) is 0 Å². The topological polar surface area (TPSA) is 67.4 Å². The number of thioether (sulfide) groups is 1. The Morgan fingerprint density at radius 1 is 1.11 bits per heavy atom. The summed E-state index contributed by atoms with van der Waals surface area (Å²) in [5.74, 6) is 1.04. The van der Waals surface area contributed by atoms with Crippen LogP contribution in [0.25, 0.3) is 22.0 Å². The van der Waals surface area contributed by atoms with E-state index in [0.29, 0.717) is 11.7 Å². The second-order valence-corrected chi connectivity index (χ2v) is 11.4. The number of anilines is 1. The van der Waals surface area contributed by atoms with E-state index in [1.807, 2.05) is 24.0 Å². The number of pyridine rings is 2. The molecular formula is C29H36N4O2S. The van der Waals surface area contributed by atoms with Gasteiger partial charge in [0.15, 0.2) is 0 Å². The minimum absolute atomic E-state index is 0.0630. The quantitative estimate of drug-likeness (QED) is 0.495. The van der Waals surface area contributed by atoms with Gasteiger partial charge in [-0.3, -0.25) is 9.78 Å². The van der Waals surface area contributed by atoms with Crippen LogP contribution in [0.3, 0.4) is 0 Å². The maximum absolute atomic E-state index is 12.8. The second kappa shape index (κ2) is 11.2. The van der Waals surface area contributed by atoms with Crippen molar-refractivity contribution in [3.63, 3.8) is 0 Å². The Morgan fingerprint density at radius 2 is 1.94 bits per heavy atom. The number of carbonyl (C=O) groups excluding carboxylic acids is 1. The molecule has 4 unspecified atom stereocenters. The Labute approximate surface area is 218 Å². The molecule has 1 saturated carbocycles. The maximum atomic E-state index is 12.8. The first-order chi connectivity index (χ1) is 17.5. The average molecular weight is 505 g/mol. The number of nitrogens with one attached hydrogen (secondary N) is 1. The van der Waals surface area contributed by atoms with Crippen LogP contribution in [0.4, 0.5) is 5.82 Å². The number of amides is 1. The normalized spacial score (nSPS) is 24.6. The molecule has 1 aromatic carbocycles. The predicted molar refractivity (Wildman–Crippen MR) is 149 cm³/mol. The van der Waals surface area contributed by atoms with Gasteiger partial charge >= 0.3 is 0 Å². The number of morpholine rings is 1. The number of nitrogens with zero attached hydrogens (tertiary/aromatic N) is 3. The van der Waals surface area contributed by atoms with Gasteiger partial charge in [-0.1, -0.05) is 24.6 Å². The van der Waals surface area contributed by atoms with Crippen molar-refractivity contribution in [1.29, 1.82) is 0 Å². The smallest absolute Gasteiger partial charge is 0.226 e. The van der Waals surface area contributed by atoms with Crippen molar-refractivity contribution < 1.29 is 9.53 Å². The van der Waals surface area contributed by atoms with Crippen LogP contribution >= 0.6 is 11.8 Å². The molecule has 2 aliphatic rings. The predicted octanol–water partition coefficient (Wildman–Crippen LogP) is 5.24. The van der Waals surface area contributed by atoms with E-state index in [0.717, 1.165) is 59.5 Å². The number of aromatic nitrogens is 2. The lowest BCUT2D eigenvalue weighted by molar-refractivity contribution is -0.121. The Hall–Kier alpha value is -2.64. The molecule has 1 aliphatic heterocycles. The zero-order valence-corrected chi connectivity index (χ0v) is 22.3. The van der Waals surface area contributed by atoms with Crippen molar-refractivity contribution in [1.82, 2.24) is 15.3 Å². The van der Waals surface area contributed by atoms with Gasteiger partial charge in [-0.25, -0.2) is 4.98 Å². The van der Waals surface area contributed by atoms with Crippen molar-refractivity contribution in [2.24, 2.45) is 0 Å². The number of fused-ring (bicyclic) bond motifs is 1. The molecule has 0 spiro atoms. The number of ether oxygens (including phenoxy) is 1. The van der Waals surface area contributed by atoms with Crippen LogP contribution in [0.15, 0.2) is 48.7 Å². The first-order valence-corrected chi connectivity index (χ1v) is 14.3. The number of rotatable bonds is 6. The molecule has 190 valence electrons. The highest BCUT2D eigenvalue weighted by molar-refractivity contribution is 7.99. The Kier molecular flexibility index (Phi) is 7.77. The lowest BCUT2D eigenvalue weighted by atomic mass is 9.95. The van der Waals surface area contributed by atoms with E-state index in [4.69, 9.17) is 9.72 Å². The van der Waals surface area contributed by atoms with Crippen LogP contribution < -0.4 is 10.2 Å². The summed E-state index contributed by atoms with van der Waals surface area (Å²) in [5, 5.41) is 6.04. The van der Waals surface area contributed by atoms with Gasteiger partial charge in [-0.2, -0.15) is 11.8 Å². The van der Waals surface area contributed by atoms with Gasteiger partial charge in [-0.05, 0) is 69.0 Å². The third-order valence-electron chi connectivity index (χ3n) is 7.22. The summed E-state index contributed by atoms with van der Waals surface area (Å²) < 4.78 is 5.89. The van der Waals surface area contributed by atoms with Gasteiger partial charge in [0.25, 0.3) is 0 Å². The third-order valence-corrected chi connectivity index (χ3v) is 8.31. The molecule has 1 N–H and O–H groups in total. The molecule has 2 fully saturated rings. The highest BCUT2D eigenvalue weighted by Crippen LogP contribution is 2.28. The summed E-state index contributed by atoms with van der Waals surface area (Å²) in [6.07, 6.45) is 9.30. The van der Waals surface area contributed by atoms with Crippen LogP contribution in [-0.2, 0) is 16.0 Å². The van der Waals surface area contributed by atoms with E-state index < -0.39 is 0 Å². The lowest BCUT2D eigenvalue weighted by Gasteiger charge is -2.36. The van der Waals surface area contributed by atoms with Gasteiger partial charge in [0, 0.05) is 41.5 Å². The molecule has 4 atom stereocenters. The summed E-state index contributed by atoms with van der Waals surface area (Å²) in [4.78, 5) is 24.6. The monoisotopic (exact) mass is 504 g/mol. The zero-order chi connectivity index (χ0) is 25.1. The van der Waals surface area contributed by atoms with Crippen LogP contribution in [-0.4, -0.2) is 58.7 Å². The molecule has 36 heavy (non-hydrogen) atoms. The van der Waals surface area contributed by atoms with E-state index in [1.165, 1.54) is 12.8 Å². The molecule has 1 saturated heterocycles. The van der Waals surface area contributed by atoms with E-state index in [9.17, 15) is 4.79 Å². The minimum Gasteiger partial charge on any atom is -0.372 e. The molecule has 5 rings (SSSR count). The summed E-state index contributed by atoms with van der Waals surface area (Å²) >= 11 is 1.91. The van der Waals surface area contributed by atoms with E-state index in [1.54, 1.807) is 0 Å². The van der Waals surface area contributed by atoms with Crippen molar-refractivity contribution in [2.75, 3.05) is 24.2 Å². The van der Waals surface area contributed by atoms with Crippen molar-refractivity contribution >= 4 is 34.3 Å². The SMILES string of the molecule is CSC1CCCC(NC(=O)Cc2cc3cc(-c4cccc(N5CC(C)OC(C)C5)n4)ccc3cn2)C1. The summed E-state index contributed by atoms with van der Waals surface area (Å²) in [5.41, 5.74) is 2.80. The van der Waals surface area contributed by atoms with E-state index >= 15 is 0 Å². The number of hydrogen-bond donors (Lipinski definition) is 1. The van der Waals surface area contributed by atoms with Gasteiger partial charge < -0.3 is 15.0 Å². The highest BCUT2D eigenvalue weighted by Gasteiger charge is 2.24. The molecule has 6 nitrogen and oxygen atoms in total. The van der Waals surface area contributed by atoms with E-state index in [-0.39, 0.29) is 24.2 Å². The first kappa shape index (κ1) is 25.0. The van der Waals surface area contributed by atoms with Crippen molar-refractivity contribution in [3.05, 3.63) is 54.4 Å². The average Bonchev–Trinajstić information content (AvgIpc) is 2.88. The van der Waals surface area contributed by atoms with Gasteiger partial charge in [-0.15, -0.1) is 0 Å². The largest absolute Gasteiger partial charge is 0.372 e. The standard InChI is InChI=1S/C29H36N4O2S/c1-19-17-33(18-20(2)35-19)28-9-5-8-27(32-28)21-10-11-22-16-30-25(13-23(22)12-21)15-29(34)31-24-6-4-7-26(14-24)36-3/h5,8-13,16,19-20,24,26H,4,6-7,14-15,17-18H2,1-3H3,(H,31,34). The summed E-state index contributed by atoms with van der Waals surface area (Å²) in [6, 6.07) is 14.9. The van der Waals surface area contributed by atoms with Crippen molar-refractivity contribution in [3.8, 4) is 11.3 Å². The molecule has 3 heterocycles. The Morgan fingerprint density at radius 3 is 2.75 bits per heavy atom. The lowest BCUT2D eigenvalue weighted by Crippen LogP contribution is -2.45. The fourth-order valence-electron chi connectivity index (χ4n) is 5.50. The summed E-state index contributed by atoms with van der Waals surface area (Å²) in [7, 11) is 0. The molecular weight excluding hydrogens is 468 g/mol. The summed E-state index contributed by atoms with van der Waals surface area (Å²) in [6.45, 7) is 5.90. The Balaban J connectivity index is 1.31.